The summed E-state index contributed by atoms with van der Waals surface area (Å²) >= 11 is 0. The number of fused-ring (bicyclic) bond motifs is 1. The average molecular weight is 469 g/mol. The van der Waals surface area contributed by atoms with E-state index in [0.717, 1.165) is 33.7 Å². The van der Waals surface area contributed by atoms with Gasteiger partial charge in [-0.1, -0.05) is 60.2 Å². The fourth-order valence-electron chi connectivity index (χ4n) is 4.11. The number of aliphatic hydroxyl groups excluding tert-OH is 1. The Hall–Kier alpha value is -3.83. The van der Waals surface area contributed by atoms with Crippen molar-refractivity contribution in [2.45, 2.75) is 39.4 Å². The molecule has 5 heteroatoms. The maximum atomic E-state index is 12.7. The Morgan fingerprint density at radius 3 is 2.43 bits per heavy atom. The minimum Gasteiger partial charge on any atom is -0.491 e. The third-order valence-electron chi connectivity index (χ3n) is 5.81. The SMILES string of the molecule is Cc1ccc(/C(=C/C=C/C(=O)Nc2cccc3c2CC(O)CN3)c2ccc(OC(C)C)cc2)cc1. The Morgan fingerprint density at radius 1 is 1.06 bits per heavy atom. The predicted molar refractivity (Wildman–Crippen MR) is 143 cm³/mol. The summed E-state index contributed by atoms with van der Waals surface area (Å²) in [5.74, 6) is 0.603. The molecule has 5 nitrogen and oxygen atoms in total. The number of β-amino-alcohol motifs (C(OH)–C–C–N with tert-alkyl or cyclic N) is 1. The van der Waals surface area contributed by atoms with Gasteiger partial charge in [0.15, 0.2) is 0 Å². The predicted octanol–water partition coefficient (Wildman–Crippen LogP) is 5.74. The highest BCUT2D eigenvalue weighted by Gasteiger charge is 2.19. The van der Waals surface area contributed by atoms with Crippen molar-refractivity contribution < 1.29 is 14.6 Å². The van der Waals surface area contributed by atoms with Crippen molar-refractivity contribution in [2.75, 3.05) is 17.2 Å². The van der Waals surface area contributed by atoms with Crippen LogP contribution in [0.4, 0.5) is 11.4 Å². The number of amides is 1. The standard InChI is InChI=1S/C30H32N2O3/c1-20(2)35-25-16-14-23(15-17-25)26(22-12-10-21(3)11-13-22)6-4-9-30(34)32-29-8-5-7-28-27(29)18-24(33)19-31-28/h4-17,20,24,31,33H,18-19H2,1-3H3,(H,32,34)/b9-4+,26-6-. The lowest BCUT2D eigenvalue weighted by Crippen LogP contribution is -2.28. The van der Waals surface area contributed by atoms with E-state index in [1.54, 1.807) is 6.08 Å². The molecule has 0 fully saturated rings. The van der Waals surface area contributed by atoms with Crippen molar-refractivity contribution in [3.63, 3.8) is 0 Å². The molecule has 0 saturated heterocycles. The first kappa shape index (κ1) is 24.3. The highest BCUT2D eigenvalue weighted by atomic mass is 16.5. The van der Waals surface area contributed by atoms with Gasteiger partial charge in [0.05, 0.1) is 12.2 Å². The molecular formula is C30H32N2O3. The van der Waals surface area contributed by atoms with Gasteiger partial charge < -0.3 is 20.5 Å². The number of benzene rings is 3. The van der Waals surface area contributed by atoms with Crippen LogP contribution in [0.15, 0.2) is 85.0 Å². The molecule has 0 aliphatic carbocycles. The molecular weight excluding hydrogens is 436 g/mol. The third kappa shape index (κ3) is 6.40. The van der Waals surface area contributed by atoms with Gasteiger partial charge >= 0.3 is 0 Å². The van der Waals surface area contributed by atoms with Gasteiger partial charge in [-0.15, -0.1) is 0 Å². The number of aliphatic hydroxyl groups is 1. The number of aryl methyl sites for hydroxylation is 1. The van der Waals surface area contributed by atoms with E-state index in [-0.39, 0.29) is 12.0 Å². The number of nitrogens with one attached hydrogen (secondary N) is 2. The number of hydrogen-bond acceptors (Lipinski definition) is 4. The second-order valence-electron chi connectivity index (χ2n) is 9.06. The number of carbonyl (C=O) groups is 1. The van der Waals surface area contributed by atoms with Crippen molar-refractivity contribution in [1.29, 1.82) is 0 Å². The lowest BCUT2D eigenvalue weighted by Gasteiger charge is -2.24. The molecule has 180 valence electrons. The van der Waals surface area contributed by atoms with E-state index in [1.807, 2.05) is 62.4 Å². The largest absolute Gasteiger partial charge is 0.491 e. The number of carbonyl (C=O) groups excluding carboxylic acids is 1. The highest BCUT2D eigenvalue weighted by molar-refractivity contribution is 6.00. The van der Waals surface area contributed by atoms with Crippen LogP contribution in [0.5, 0.6) is 5.75 Å². The van der Waals surface area contributed by atoms with Crippen LogP contribution >= 0.6 is 0 Å². The van der Waals surface area contributed by atoms with Gasteiger partial charge in [-0.25, -0.2) is 0 Å². The zero-order valence-electron chi connectivity index (χ0n) is 20.4. The van der Waals surface area contributed by atoms with Gasteiger partial charge in [-0.05, 0) is 61.7 Å². The molecule has 4 rings (SSSR count). The zero-order chi connectivity index (χ0) is 24.8. The second-order valence-corrected chi connectivity index (χ2v) is 9.06. The summed E-state index contributed by atoms with van der Waals surface area (Å²) in [6.07, 6.45) is 5.41. The van der Waals surface area contributed by atoms with Crippen LogP contribution in [0, 0.1) is 6.92 Å². The van der Waals surface area contributed by atoms with E-state index >= 15 is 0 Å². The molecule has 0 bridgehead atoms. The van der Waals surface area contributed by atoms with E-state index < -0.39 is 6.10 Å². The first-order valence-corrected chi connectivity index (χ1v) is 12.0. The van der Waals surface area contributed by atoms with Crippen molar-refractivity contribution in [2.24, 2.45) is 0 Å². The fraction of sp³-hybridized carbons (Fsp3) is 0.233. The zero-order valence-corrected chi connectivity index (χ0v) is 20.4. The van der Waals surface area contributed by atoms with E-state index in [1.165, 1.54) is 11.6 Å². The summed E-state index contributed by atoms with van der Waals surface area (Å²) in [5.41, 5.74) is 6.88. The molecule has 0 aromatic heterocycles. The van der Waals surface area contributed by atoms with Crippen LogP contribution in [0.25, 0.3) is 5.57 Å². The summed E-state index contributed by atoms with van der Waals surface area (Å²) in [7, 11) is 0. The molecule has 3 aromatic carbocycles. The summed E-state index contributed by atoms with van der Waals surface area (Å²) in [4.78, 5) is 12.7. The molecule has 0 radical (unpaired) electrons. The van der Waals surface area contributed by atoms with Crippen LogP contribution in [-0.2, 0) is 11.2 Å². The van der Waals surface area contributed by atoms with Gasteiger partial charge in [0.25, 0.3) is 0 Å². The minimum absolute atomic E-state index is 0.115. The van der Waals surface area contributed by atoms with Crippen LogP contribution < -0.4 is 15.4 Å². The Bertz CT molecular complexity index is 1230. The van der Waals surface area contributed by atoms with Gasteiger partial charge in [0.2, 0.25) is 5.91 Å². The monoisotopic (exact) mass is 468 g/mol. The van der Waals surface area contributed by atoms with Gasteiger partial charge in [-0.2, -0.15) is 0 Å². The molecule has 3 N–H and O–H groups in total. The fourth-order valence-corrected chi connectivity index (χ4v) is 4.11. The first-order valence-electron chi connectivity index (χ1n) is 12.0. The van der Waals surface area contributed by atoms with Crippen LogP contribution in [-0.4, -0.2) is 29.8 Å². The molecule has 1 aliphatic heterocycles. The normalized spacial score (nSPS) is 15.6. The molecule has 1 aliphatic rings. The molecule has 0 saturated carbocycles. The van der Waals surface area contributed by atoms with Crippen LogP contribution in [0.1, 0.15) is 36.1 Å². The molecule has 1 heterocycles. The quantitative estimate of drug-likeness (QED) is 0.306. The summed E-state index contributed by atoms with van der Waals surface area (Å²) in [5, 5.41) is 16.2. The molecule has 1 amide bonds. The maximum absolute atomic E-state index is 12.7. The number of hydrogen-bond donors (Lipinski definition) is 3. The van der Waals surface area contributed by atoms with Gasteiger partial charge in [0, 0.05) is 36.0 Å². The number of anilines is 2. The molecule has 35 heavy (non-hydrogen) atoms. The lowest BCUT2D eigenvalue weighted by molar-refractivity contribution is -0.111. The number of rotatable bonds is 7. The third-order valence-corrected chi connectivity index (χ3v) is 5.81. The van der Waals surface area contributed by atoms with E-state index in [9.17, 15) is 9.90 Å². The Morgan fingerprint density at radius 2 is 1.74 bits per heavy atom. The van der Waals surface area contributed by atoms with E-state index in [0.29, 0.717) is 18.7 Å². The molecule has 1 unspecified atom stereocenters. The first-order chi connectivity index (χ1) is 16.9. The molecule has 3 aromatic rings. The topological polar surface area (TPSA) is 70.6 Å². The second kappa shape index (κ2) is 11.1. The van der Waals surface area contributed by atoms with Crippen molar-refractivity contribution >= 4 is 22.9 Å². The Labute approximate surface area is 207 Å². The van der Waals surface area contributed by atoms with E-state index in [2.05, 4.69) is 41.8 Å². The van der Waals surface area contributed by atoms with Gasteiger partial charge in [-0.3, -0.25) is 4.79 Å². The van der Waals surface area contributed by atoms with Gasteiger partial charge in [0.1, 0.15) is 5.75 Å². The minimum atomic E-state index is -0.464. The summed E-state index contributed by atoms with van der Waals surface area (Å²) in [6, 6.07) is 22.0. The van der Waals surface area contributed by atoms with Crippen molar-refractivity contribution in [1.82, 2.24) is 0 Å². The van der Waals surface area contributed by atoms with E-state index in [4.69, 9.17) is 4.74 Å². The Balaban J connectivity index is 1.55. The average Bonchev–Trinajstić information content (AvgIpc) is 2.83. The number of allylic oxidation sites excluding steroid dienone is 2. The van der Waals surface area contributed by atoms with Crippen LogP contribution in [0.2, 0.25) is 0 Å². The van der Waals surface area contributed by atoms with Crippen molar-refractivity contribution in [3.05, 3.63) is 107 Å². The maximum Gasteiger partial charge on any atom is 0.248 e. The Kier molecular flexibility index (Phi) is 7.68. The molecule has 0 spiro atoms. The highest BCUT2D eigenvalue weighted by Crippen LogP contribution is 2.29. The summed E-state index contributed by atoms with van der Waals surface area (Å²) in [6.45, 7) is 6.59. The van der Waals surface area contributed by atoms with Crippen LogP contribution in [0.3, 0.4) is 0 Å². The number of ether oxygens (including phenoxy) is 1. The smallest absolute Gasteiger partial charge is 0.248 e. The van der Waals surface area contributed by atoms with Crippen molar-refractivity contribution in [3.8, 4) is 5.75 Å². The lowest BCUT2D eigenvalue weighted by atomic mass is 9.96. The molecule has 1 atom stereocenters. The summed E-state index contributed by atoms with van der Waals surface area (Å²) < 4.78 is 5.78.